The fourth-order valence-electron chi connectivity index (χ4n) is 12.2. The van der Waals surface area contributed by atoms with Crippen molar-refractivity contribution in [2.45, 2.75) is 152 Å². The van der Waals surface area contributed by atoms with Gasteiger partial charge in [-0.3, -0.25) is 0 Å². The number of rotatable bonds is 4. The molecule has 12 heteroatoms. The standard InChI is InChI=1S/C37H58O12/c1-17-7-10-37(46-14-17)18(2)28-26(49-37)13-23-21-6-5-19-11-20(38)12-27(36(19,4)22(21)8-9-35(23,28)3)47-34-31(43)32(25(40)16-45-34)48-33-30(42)29(41)24(39)15-44-33/h5,17-18,20-34,38-43H,6-16H2,1-4H3/t17-,18-,20+,21?,22?,23?,24+,25-,26?,27+,28?,29-,30+,31+,32-,33-,34-,35-,36-,37+/m0/s1. The summed E-state index contributed by atoms with van der Waals surface area (Å²) in [6.07, 6.45) is -2.11. The van der Waals surface area contributed by atoms with Gasteiger partial charge in [-0.2, -0.15) is 0 Å². The molecule has 278 valence electrons. The van der Waals surface area contributed by atoms with Crippen LogP contribution in [0, 0.1) is 46.3 Å². The Morgan fingerprint density at radius 2 is 1.53 bits per heavy atom. The highest BCUT2D eigenvalue weighted by atomic mass is 16.7. The Balaban J connectivity index is 1.01. The fraction of sp³-hybridized carbons (Fsp3) is 0.946. The largest absolute Gasteiger partial charge is 0.393 e. The van der Waals surface area contributed by atoms with E-state index in [-0.39, 0.29) is 24.7 Å². The molecule has 0 aromatic rings. The van der Waals surface area contributed by atoms with E-state index in [2.05, 4.69) is 33.8 Å². The van der Waals surface area contributed by atoms with Gasteiger partial charge in [-0.15, -0.1) is 0 Å². The number of hydrogen-bond acceptors (Lipinski definition) is 12. The van der Waals surface area contributed by atoms with Crippen LogP contribution in [0.2, 0.25) is 0 Å². The van der Waals surface area contributed by atoms with Crippen molar-refractivity contribution in [1.29, 1.82) is 0 Å². The van der Waals surface area contributed by atoms with Crippen molar-refractivity contribution < 1.29 is 59.1 Å². The van der Waals surface area contributed by atoms with E-state index in [1.54, 1.807) is 0 Å². The summed E-state index contributed by atoms with van der Waals surface area (Å²) < 4.78 is 37.2. The van der Waals surface area contributed by atoms with Gasteiger partial charge in [0, 0.05) is 24.2 Å². The Hall–Kier alpha value is -0.740. The van der Waals surface area contributed by atoms with Crippen molar-refractivity contribution in [2.75, 3.05) is 19.8 Å². The zero-order valence-electron chi connectivity index (χ0n) is 29.3. The summed E-state index contributed by atoms with van der Waals surface area (Å²) in [6.45, 7) is 9.71. The molecule has 20 atom stereocenters. The maximum atomic E-state index is 11.5. The lowest BCUT2D eigenvalue weighted by Crippen LogP contribution is -2.62. The molecule has 49 heavy (non-hydrogen) atoms. The second-order valence-corrected chi connectivity index (χ2v) is 17.5. The molecule has 5 unspecified atom stereocenters. The molecule has 6 N–H and O–H groups in total. The third-order valence-electron chi connectivity index (χ3n) is 14.9. The zero-order chi connectivity index (χ0) is 34.6. The van der Waals surface area contributed by atoms with Crippen LogP contribution >= 0.6 is 0 Å². The van der Waals surface area contributed by atoms with Gasteiger partial charge in [-0.1, -0.05) is 39.3 Å². The van der Waals surface area contributed by atoms with Crippen molar-refractivity contribution in [3.63, 3.8) is 0 Å². The predicted molar refractivity (Wildman–Crippen MR) is 172 cm³/mol. The van der Waals surface area contributed by atoms with E-state index in [1.165, 1.54) is 5.57 Å². The predicted octanol–water partition coefficient (Wildman–Crippen LogP) is 1.61. The quantitative estimate of drug-likeness (QED) is 0.235. The zero-order valence-corrected chi connectivity index (χ0v) is 29.3. The van der Waals surface area contributed by atoms with Gasteiger partial charge in [0.1, 0.15) is 36.6 Å². The van der Waals surface area contributed by atoms with E-state index >= 15 is 0 Å². The molecule has 0 bridgehead atoms. The summed E-state index contributed by atoms with van der Waals surface area (Å²) in [5.74, 6) is 2.15. The summed E-state index contributed by atoms with van der Waals surface area (Å²) in [7, 11) is 0. The first kappa shape index (κ1) is 35.3. The maximum Gasteiger partial charge on any atom is 0.186 e. The van der Waals surface area contributed by atoms with Gasteiger partial charge in [-0.25, -0.2) is 0 Å². The van der Waals surface area contributed by atoms with Crippen LogP contribution in [0.15, 0.2) is 11.6 Å². The molecule has 8 rings (SSSR count). The number of fused-ring (bicyclic) bond motifs is 7. The van der Waals surface area contributed by atoms with E-state index in [4.69, 9.17) is 28.4 Å². The highest BCUT2D eigenvalue weighted by Crippen LogP contribution is 2.71. The minimum atomic E-state index is -1.57. The number of allylic oxidation sites excluding steroid dienone is 1. The lowest BCUT2D eigenvalue weighted by molar-refractivity contribution is -0.344. The minimum absolute atomic E-state index is 0.145. The van der Waals surface area contributed by atoms with Crippen LogP contribution in [0.1, 0.15) is 79.1 Å². The second-order valence-electron chi connectivity index (χ2n) is 17.5. The lowest BCUT2D eigenvalue weighted by atomic mass is 9.46. The molecule has 4 heterocycles. The fourth-order valence-corrected chi connectivity index (χ4v) is 12.2. The van der Waals surface area contributed by atoms with Crippen LogP contribution in [0.5, 0.6) is 0 Å². The SMILES string of the molecule is C[C@H]1CC[C@@]2(OC1)OC1CC3C4CC=C5C[C@@H](O)C[C@@H](O[C@@H]6OC[C@H](O)[C@H](O[C@@H]7OC[C@@H](O)[C@H](O)[C@H]7O)[C@H]6O)[C@]5(C)C4CC[C@]3(C)C1[C@@H]2C. The van der Waals surface area contributed by atoms with Crippen LogP contribution < -0.4 is 0 Å². The van der Waals surface area contributed by atoms with Crippen molar-refractivity contribution in [3.8, 4) is 0 Å². The van der Waals surface area contributed by atoms with Gasteiger partial charge >= 0.3 is 0 Å². The number of aliphatic hydroxyl groups is 6. The molecule has 0 radical (unpaired) electrons. The van der Waals surface area contributed by atoms with E-state index in [0.29, 0.717) is 48.3 Å². The number of hydrogen-bond donors (Lipinski definition) is 6. The first-order valence-corrected chi connectivity index (χ1v) is 18.9. The van der Waals surface area contributed by atoms with Gasteiger partial charge in [0.2, 0.25) is 0 Å². The first-order chi connectivity index (χ1) is 23.3. The Bertz CT molecular complexity index is 1260. The van der Waals surface area contributed by atoms with Gasteiger partial charge < -0.3 is 59.1 Å². The van der Waals surface area contributed by atoms with Crippen LogP contribution in [0.25, 0.3) is 0 Å². The Morgan fingerprint density at radius 1 is 0.796 bits per heavy atom. The van der Waals surface area contributed by atoms with Gasteiger partial charge in [0.25, 0.3) is 0 Å². The molecule has 0 amide bonds. The maximum absolute atomic E-state index is 11.5. The minimum Gasteiger partial charge on any atom is -0.393 e. The Morgan fingerprint density at radius 3 is 2.27 bits per heavy atom. The summed E-state index contributed by atoms with van der Waals surface area (Å²) in [5, 5.41) is 63.7. The molecular formula is C37H58O12. The highest BCUT2D eigenvalue weighted by Gasteiger charge is 2.69. The van der Waals surface area contributed by atoms with Crippen LogP contribution in [0.3, 0.4) is 0 Å². The molecule has 4 saturated heterocycles. The van der Waals surface area contributed by atoms with E-state index in [9.17, 15) is 30.6 Å². The molecule has 0 aromatic carbocycles. The van der Waals surface area contributed by atoms with Crippen LogP contribution in [0.4, 0.5) is 0 Å². The van der Waals surface area contributed by atoms with E-state index < -0.39 is 72.6 Å². The highest BCUT2D eigenvalue weighted by molar-refractivity contribution is 5.28. The summed E-state index contributed by atoms with van der Waals surface area (Å²) >= 11 is 0. The topological polar surface area (TPSA) is 177 Å². The third-order valence-corrected chi connectivity index (χ3v) is 14.9. The number of aliphatic hydroxyl groups excluding tert-OH is 6. The summed E-state index contributed by atoms with van der Waals surface area (Å²) in [4.78, 5) is 0. The summed E-state index contributed by atoms with van der Waals surface area (Å²) in [6, 6.07) is 0. The van der Waals surface area contributed by atoms with E-state index in [0.717, 1.165) is 45.1 Å². The van der Waals surface area contributed by atoms with Crippen molar-refractivity contribution in [1.82, 2.24) is 0 Å². The monoisotopic (exact) mass is 694 g/mol. The molecule has 1 spiro atoms. The molecule has 7 fully saturated rings. The molecule has 12 nitrogen and oxygen atoms in total. The second kappa shape index (κ2) is 12.7. The lowest BCUT2D eigenvalue weighted by Gasteiger charge is -2.60. The van der Waals surface area contributed by atoms with Gasteiger partial charge in [0.15, 0.2) is 18.4 Å². The first-order valence-electron chi connectivity index (χ1n) is 18.9. The Labute approximate surface area is 289 Å². The van der Waals surface area contributed by atoms with Gasteiger partial charge in [0.05, 0.1) is 38.1 Å². The van der Waals surface area contributed by atoms with Crippen LogP contribution in [-0.2, 0) is 28.4 Å². The normalized spacial score (nSPS) is 58.7. The Kier molecular flexibility index (Phi) is 9.14. The van der Waals surface area contributed by atoms with Gasteiger partial charge in [-0.05, 0) is 73.5 Å². The average molecular weight is 695 g/mol. The molecule has 4 aliphatic heterocycles. The number of ether oxygens (including phenoxy) is 6. The van der Waals surface area contributed by atoms with Crippen molar-refractivity contribution in [2.24, 2.45) is 46.3 Å². The van der Waals surface area contributed by atoms with E-state index in [1.807, 2.05) is 0 Å². The van der Waals surface area contributed by atoms with Crippen molar-refractivity contribution >= 4 is 0 Å². The van der Waals surface area contributed by atoms with Crippen molar-refractivity contribution in [3.05, 3.63) is 11.6 Å². The molecule has 8 aliphatic rings. The third kappa shape index (κ3) is 5.45. The smallest absolute Gasteiger partial charge is 0.186 e. The molecular weight excluding hydrogens is 636 g/mol. The molecule has 4 aliphatic carbocycles. The molecule has 3 saturated carbocycles. The summed E-state index contributed by atoms with van der Waals surface area (Å²) in [5.41, 5.74) is 0.958. The average Bonchev–Trinajstić information content (AvgIpc) is 3.51. The molecule has 0 aromatic heterocycles. The van der Waals surface area contributed by atoms with Crippen LogP contribution in [-0.4, -0.2) is 124 Å².